The molecule has 0 aliphatic heterocycles. The number of hydrogen-bond acceptors (Lipinski definition) is 14. The Bertz CT molecular complexity index is 4120. The van der Waals surface area contributed by atoms with Crippen molar-refractivity contribution in [3.05, 3.63) is 131 Å². The highest BCUT2D eigenvalue weighted by molar-refractivity contribution is 6.17. The van der Waals surface area contributed by atoms with E-state index in [0.717, 1.165) is 44.2 Å². The van der Waals surface area contributed by atoms with Gasteiger partial charge in [0.1, 0.15) is 52.6 Å². The molecular formula is C52H38F2N10O7. The van der Waals surface area contributed by atoms with Crippen molar-refractivity contribution in [1.82, 2.24) is 50.2 Å². The number of aliphatic hydroxyl groups is 1. The van der Waals surface area contributed by atoms with Crippen molar-refractivity contribution >= 4 is 71.6 Å². The predicted octanol–water partition coefficient (Wildman–Crippen LogP) is 10.7. The number of aromatic carboxylic acids is 1. The van der Waals surface area contributed by atoms with Gasteiger partial charge in [-0.05, 0) is 100 Å². The summed E-state index contributed by atoms with van der Waals surface area (Å²) in [5.41, 5.74) is 10.4. The monoisotopic (exact) mass is 952 g/mol. The third-order valence-electron chi connectivity index (χ3n) is 12.4. The zero-order valence-electron chi connectivity index (χ0n) is 38.6. The maximum absolute atomic E-state index is 14.2. The molecule has 0 amide bonds. The van der Waals surface area contributed by atoms with E-state index in [0.29, 0.717) is 101 Å². The lowest BCUT2D eigenvalue weighted by Crippen LogP contribution is -2.05. The highest BCUT2D eigenvalue weighted by Crippen LogP contribution is 2.44. The van der Waals surface area contributed by atoms with Crippen molar-refractivity contribution in [2.75, 3.05) is 14.2 Å². The summed E-state index contributed by atoms with van der Waals surface area (Å²) < 4.78 is 50.6. The second-order valence-electron chi connectivity index (χ2n) is 16.7. The first kappa shape index (κ1) is 44.3. The molecule has 0 radical (unpaired) electrons. The molecule has 12 rings (SSSR count). The molecule has 19 heteroatoms. The standard InChI is InChI=1S/C26H18FN5O4.C26H20FN5O3/c1-11-21(12(2)36-32-11)17-9-19-16(10-20(17)35-3)22-23(30-25(26(33)34)31-24(22)29-19)14-6-7-28-18-5-4-13(27)8-15(14)18;1-12-23(13(2)35-32-12)18-9-20-17(10-21(18)34-3)24-25(30-22(11-33)31-26(24)29-20)15-6-7-28-19-5-4-14(27)8-16(15)19/h4-10H,1-3H3,(H,33,34)(H,29,30,31);4-10,33H,11H2,1-3H3,(H,29,30,31). The van der Waals surface area contributed by atoms with Gasteiger partial charge in [-0.3, -0.25) is 9.97 Å². The van der Waals surface area contributed by atoms with Crippen molar-refractivity contribution in [3.8, 4) is 56.3 Å². The van der Waals surface area contributed by atoms with E-state index in [1.165, 1.54) is 24.3 Å². The minimum atomic E-state index is -1.28. The molecule has 0 saturated heterocycles. The van der Waals surface area contributed by atoms with Crippen molar-refractivity contribution < 1.29 is 42.3 Å². The average molecular weight is 953 g/mol. The van der Waals surface area contributed by atoms with Crippen LogP contribution < -0.4 is 9.47 Å². The Hall–Kier alpha value is -9.23. The molecular weight excluding hydrogens is 915 g/mol. The zero-order chi connectivity index (χ0) is 49.4. The van der Waals surface area contributed by atoms with E-state index >= 15 is 0 Å². The van der Waals surface area contributed by atoms with E-state index in [1.807, 2.05) is 52.0 Å². The van der Waals surface area contributed by atoms with E-state index in [1.54, 1.807) is 50.9 Å². The largest absolute Gasteiger partial charge is 0.496 e. The average Bonchev–Trinajstić information content (AvgIpc) is 4.12. The maximum atomic E-state index is 14.2. The van der Waals surface area contributed by atoms with Crippen molar-refractivity contribution in [1.29, 1.82) is 0 Å². The van der Waals surface area contributed by atoms with Crippen LogP contribution in [0.5, 0.6) is 11.5 Å². The lowest BCUT2D eigenvalue weighted by molar-refractivity contribution is 0.0684. The van der Waals surface area contributed by atoms with E-state index in [-0.39, 0.29) is 24.1 Å². The molecule has 0 aliphatic carbocycles. The predicted molar refractivity (Wildman–Crippen MR) is 260 cm³/mol. The number of fused-ring (bicyclic) bond motifs is 8. The fourth-order valence-electron chi connectivity index (χ4n) is 9.36. The molecule has 0 bridgehead atoms. The first-order valence-electron chi connectivity index (χ1n) is 22.0. The Balaban J connectivity index is 0.000000154. The number of methoxy groups -OCH3 is 2. The Morgan fingerprint density at radius 3 is 1.52 bits per heavy atom. The van der Waals surface area contributed by atoms with Crippen LogP contribution in [-0.4, -0.2) is 80.6 Å². The second-order valence-corrected chi connectivity index (χ2v) is 16.7. The van der Waals surface area contributed by atoms with Gasteiger partial charge in [0.15, 0.2) is 5.82 Å². The Morgan fingerprint density at radius 1 is 0.606 bits per heavy atom. The molecule has 12 aromatic rings. The highest BCUT2D eigenvalue weighted by atomic mass is 19.1. The van der Waals surface area contributed by atoms with Crippen LogP contribution in [0, 0.1) is 39.3 Å². The van der Waals surface area contributed by atoms with Crippen LogP contribution in [0.4, 0.5) is 8.78 Å². The number of hydrogen-bond donors (Lipinski definition) is 4. The first-order valence-corrected chi connectivity index (χ1v) is 22.0. The van der Waals surface area contributed by atoms with Crippen LogP contribution in [-0.2, 0) is 6.61 Å². The Labute approximate surface area is 399 Å². The van der Waals surface area contributed by atoms with E-state index in [9.17, 15) is 23.8 Å². The minimum Gasteiger partial charge on any atom is -0.496 e. The number of carboxylic acids is 1. The number of benzene rings is 4. The van der Waals surface area contributed by atoms with Crippen LogP contribution in [0.2, 0.25) is 0 Å². The quantitative estimate of drug-likeness (QED) is 0.111. The molecule has 4 aromatic carbocycles. The molecule has 0 aliphatic rings. The van der Waals surface area contributed by atoms with Gasteiger partial charge in [-0.15, -0.1) is 0 Å². The summed E-state index contributed by atoms with van der Waals surface area (Å²) >= 11 is 0. The summed E-state index contributed by atoms with van der Waals surface area (Å²) in [5.74, 6) is 0.295. The fraction of sp³-hybridized carbons (Fsp3) is 0.135. The first-order chi connectivity index (χ1) is 34.3. The second kappa shape index (κ2) is 17.1. The molecule has 8 heterocycles. The SMILES string of the molecule is COc1cc2c(cc1-c1c(C)noc1C)[nH]c1nc(C(=O)O)nc(-c3ccnc4ccc(F)cc34)c12.COc1cc2c(cc1-c1c(C)noc1C)[nH]c1nc(CO)nc(-c3ccnc4ccc(F)cc34)c12. The van der Waals surface area contributed by atoms with Crippen molar-refractivity contribution in [2.45, 2.75) is 34.3 Å². The molecule has 352 valence electrons. The Morgan fingerprint density at radius 2 is 1.08 bits per heavy atom. The number of halogens is 2. The third-order valence-corrected chi connectivity index (χ3v) is 12.4. The maximum Gasteiger partial charge on any atom is 0.374 e. The smallest absolute Gasteiger partial charge is 0.374 e. The lowest BCUT2D eigenvalue weighted by Gasteiger charge is -2.11. The normalized spacial score (nSPS) is 11.6. The number of H-pyrrole nitrogens is 2. The molecule has 8 aromatic heterocycles. The molecule has 0 fully saturated rings. The van der Waals surface area contributed by atoms with E-state index in [2.05, 4.69) is 50.2 Å². The van der Waals surface area contributed by atoms with Gasteiger partial charge in [0.2, 0.25) is 5.82 Å². The summed E-state index contributed by atoms with van der Waals surface area (Å²) in [4.78, 5) is 45.0. The fourth-order valence-corrected chi connectivity index (χ4v) is 9.36. The van der Waals surface area contributed by atoms with Crippen molar-refractivity contribution in [2.24, 2.45) is 0 Å². The molecule has 0 atom stereocenters. The van der Waals surface area contributed by atoms with Crippen LogP contribution >= 0.6 is 0 Å². The minimum absolute atomic E-state index is 0.248. The molecule has 4 N–H and O–H groups in total. The number of nitrogens with one attached hydrogen (secondary N) is 2. The van der Waals surface area contributed by atoms with Gasteiger partial charge in [-0.25, -0.2) is 33.5 Å². The lowest BCUT2D eigenvalue weighted by atomic mass is 9.99. The topological polar surface area (TPSA) is 237 Å². The number of aliphatic hydroxyl groups excluding tert-OH is 1. The number of ether oxygens (including phenoxy) is 2. The van der Waals surface area contributed by atoms with Gasteiger partial charge in [-0.2, -0.15) is 0 Å². The van der Waals surface area contributed by atoms with Gasteiger partial charge < -0.3 is 38.7 Å². The summed E-state index contributed by atoms with van der Waals surface area (Å²) in [6.07, 6.45) is 3.24. The number of aromatic nitrogens is 10. The number of carbonyl (C=O) groups is 1. The van der Waals surface area contributed by atoms with Crippen LogP contribution in [0.3, 0.4) is 0 Å². The van der Waals surface area contributed by atoms with Crippen molar-refractivity contribution in [3.63, 3.8) is 0 Å². The number of carboxylic acid groups (broad SMARTS) is 1. The van der Waals surface area contributed by atoms with Gasteiger partial charge in [0.05, 0.1) is 69.9 Å². The number of rotatable bonds is 8. The van der Waals surface area contributed by atoms with Gasteiger partial charge in [-0.1, -0.05) is 10.3 Å². The summed E-state index contributed by atoms with van der Waals surface area (Å²) in [7, 11) is 3.18. The molecule has 0 spiro atoms. The summed E-state index contributed by atoms with van der Waals surface area (Å²) in [6.45, 7) is 7.06. The third kappa shape index (κ3) is 7.37. The number of pyridine rings is 2. The van der Waals surface area contributed by atoms with Gasteiger partial charge >= 0.3 is 5.97 Å². The molecule has 0 unspecified atom stereocenters. The number of nitrogens with zero attached hydrogens (tertiary/aromatic N) is 8. The van der Waals surface area contributed by atoms with E-state index in [4.69, 9.17) is 18.5 Å². The zero-order valence-corrected chi connectivity index (χ0v) is 38.6. The summed E-state index contributed by atoms with van der Waals surface area (Å²) in [6, 6.07) is 19.8. The molecule has 71 heavy (non-hydrogen) atoms. The Kier molecular flexibility index (Phi) is 10.6. The highest BCUT2D eigenvalue weighted by Gasteiger charge is 2.25. The number of aromatic amines is 2. The molecule has 0 saturated carbocycles. The van der Waals surface area contributed by atoms with Crippen LogP contribution in [0.1, 0.15) is 39.4 Å². The summed E-state index contributed by atoms with van der Waals surface area (Å²) in [5, 5.41) is 31.7. The van der Waals surface area contributed by atoms with Crippen LogP contribution in [0.25, 0.3) is 110 Å². The molecule has 17 nitrogen and oxygen atoms in total. The van der Waals surface area contributed by atoms with Crippen LogP contribution in [0.15, 0.2) is 94.2 Å². The van der Waals surface area contributed by atoms with Gasteiger partial charge in [0, 0.05) is 67.2 Å². The van der Waals surface area contributed by atoms with Gasteiger partial charge in [0.25, 0.3) is 0 Å². The number of aryl methyl sites for hydroxylation is 4. The van der Waals surface area contributed by atoms with E-state index < -0.39 is 11.8 Å².